The number of hydrogen-bond acceptors (Lipinski definition) is 4. The zero-order valence-corrected chi connectivity index (χ0v) is 14.8. The quantitative estimate of drug-likeness (QED) is 0.376. The number of ketones is 1. The van der Waals surface area contributed by atoms with Crippen LogP contribution >= 0.6 is 0 Å². The van der Waals surface area contributed by atoms with Gasteiger partial charge in [-0.3, -0.25) is 4.79 Å². The van der Waals surface area contributed by atoms with Gasteiger partial charge in [0.2, 0.25) is 0 Å². The largest absolute Gasteiger partial charge is 0.511 e. The third kappa shape index (κ3) is 3.58. The van der Waals surface area contributed by atoms with Crippen LogP contribution in [-0.2, 0) is 9.63 Å². The molecule has 128 valence electrons. The molecule has 0 bridgehead atoms. The molecule has 4 nitrogen and oxygen atoms in total. The molecule has 0 radical (unpaired) electrons. The lowest BCUT2D eigenvalue weighted by molar-refractivity contribution is -0.118. The number of aliphatic hydroxyl groups is 1. The van der Waals surface area contributed by atoms with Crippen molar-refractivity contribution in [2.45, 2.75) is 40.0 Å². The average molecular weight is 327 g/mol. The fraction of sp³-hybridized carbons (Fsp3) is 0.400. The number of aryl methyl sites for hydroxylation is 1. The fourth-order valence-electron chi connectivity index (χ4n) is 3.34. The molecule has 1 aliphatic rings. The van der Waals surface area contributed by atoms with Crippen molar-refractivity contribution in [2.75, 3.05) is 6.61 Å². The molecule has 2 rings (SSSR count). The minimum absolute atomic E-state index is 0.0744. The Morgan fingerprint density at radius 2 is 2.21 bits per heavy atom. The Kier molecular flexibility index (Phi) is 5.27. The van der Waals surface area contributed by atoms with Crippen molar-refractivity contribution in [2.24, 2.45) is 10.6 Å². The number of rotatable bonds is 5. The van der Waals surface area contributed by atoms with Gasteiger partial charge in [0, 0.05) is 12.3 Å². The second kappa shape index (κ2) is 7.04. The molecular weight excluding hydrogens is 302 g/mol. The van der Waals surface area contributed by atoms with Crippen LogP contribution in [0.25, 0.3) is 0 Å². The molecule has 4 heteroatoms. The third-order valence-corrected chi connectivity index (χ3v) is 4.34. The van der Waals surface area contributed by atoms with E-state index in [0.29, 0.717) is 12.1 Å². The summed E-state index contributed by atoms with van der Waals surface area (Å²) in [5, 5.41) is 14.8. The molecule has 1 atom stereocenters. The normalized spacial score (nSPS) is 20.9. The van der Waals surface area contributed by atoms with Crippen molar-refractivity contribution < 1.29 is 14.7 Å². The summed E-state index contributed by atoms with van der Waals surface area (Å²) in [4.78, 5) is 17.6. The lowest BCUT2D eigenvalue weighted by Crippen LogP contribution is -2.35. The predicted octanol–water partition coefficient (Wildman–Crippen LogP) is 4.47. The number of aliphatic hydroxyl groups excluding tert-OH is 1. The first kappa shape index (κ1) is 18.0. The van der Waals surface area contributed by atoms with Crippen LogP contribution in [0, 0.1) is 12.3 Å². The van der Waals surface area contributed by atoms with Crippen molar-refractivity contribution in [1.29, 1.82) is 0 Å². The monoisotopic (exact) mass is 327 g/mol. The van der Waals surface area contributed by atoms with Gasteiger partial charge in [0.1, 0.15) is 12.4 Å². The second-order valence-electron chi connectivity index (χ2n) is 6.96. The highest BCUT2D eigenvalue weighted by Gasteiger charge is 2.43. The van der Waals surface area contributed by atoms with Crippen LogP contribution in [0.2, 0.25) is 0 Å². The van der Waals surface area contributed by atoms with Gasteiger partial charge in [-0.05, 0) is 24.8 Å². The van der Waals surface area contributed by atoms with E-state index in [0.717, 1.165) is 11.1 Å². The predicted molar refractivity (Wildman–Crippen MR) is 96.2 cm³/mol. The first-order valence-corrected chi connectivity index (χ1v) is 8.08. The zero-order valence-electron chi connectivity index (χ0n) is 14.8. The first-order valence-electron chi connectivity index (χ1n) is 8.08. The highest BCUT2D eigenvalue weighted by molar-refractivity contribution is 6.22. The molecule has 0 saturated heterocycles. The molecule has 0 aromatic heterocycles. The Morgan fingerprint density at radius 3 is 2.83 bits per heavy atom. The molecule has 1 aliphatic carbocycles. The molecule has 0 unspecified atom stereocenters. The van der Waals surface area contributed by atoms with E-state index >= 15 is 0 Å². The van der Waals surface area contributed by atoms with Crippen molar-refractivity contribution in [1.82, 2.24) is 0 Å². The van der Waals surface area contributed by atoms with Crippen LogP contribution in [-0.4, -0.2) is 23.2 Å². The van der Waals surface area contributed by atoms with E-state index in [1.807, 2.05) is 39.0 Å². The summed E-state index contributed by atoms with van der Waals surface area (Å²) in [5.41, 5.74) is 2.41. The summed E-state index contributed by atoms with van der Waals surface area (Å²) in [7, 11) is 0. The summed E-state index contributed by atoms with van der Waals surface area (Å²) >= 11 is 0. The van der Waals surface area contributed by atoms with Gasteiger partial charge in [-0.25, -0.2) is 0 Å². The van der Waals surface area contributed by atoms with E-state index in [9.17, 15) is 9.90 Å². The maximum absolute atomic E-state index is 12.6. The van der Waals surface area contributed by atoms with E-state index < -0.39 is 0 Å². The first-order chi connectivity index (χ1) is 11.3. The number of Topliss-reactive ketones (excluding diaryl/α,β-unsaturated/α-hetero) is 1. The molecule has 1 aromatic rings. The maximum atomic E-state index is 12.6. The van der Waals surface area contributed by atoms with Gasteiger partial charge in [0.25, 0.3) is 0 Å². The molecular formula is C20H25NO3. The summed E-state index contributed by atoms with van der Waals surface area (Å²) in [5.74, 6) is -0.287. The summed E-state index contributed by atoms with van der Waals surface area (Å²) in [6.07, 6.45) is 1.92. The van der Waals surface area contributed by atoms with Gasteiger partial charge in [0.15, 0.2) is 5.78 Å². The molecule has 24 heavy (non-hydrogen) atoms. The smallest absolute Gasteiger partial charge is 0.168 e. The topological polar surface area (TPSA) is 58.9 Å². The summed E-state index contributed by atoms with van der Waals surface area (Å²) in [6.45, 7) is 11.5. The summed E-state index contributed by atoms with van der Waals surface area (Å²) in [6, 6.07) is 8.03. The zero-order chi connectivity index (χ0) is 17.9. The number of carbonyl (C=O) groups excluding carboxylic acids is 1. The lowest BCUT2D eigenvalue weighted by atomic mass is 9.65. The number of benzene rings is 1. The Hall–Kier alpha value is -2.36. The maximum Gasteiger partial charge on any atom is 0.168 e. The Morgan fingerprint density at radius 1 is 1.50 bits per heavy atom. The molecule has 1 N–H and O–H groups in total. The van der Waals surface area contributed by atoms with E-state index in [4.69, 9.17) is 4.84 Å². The van der Waals surface area contributed by atoms with Gasteiger partial charge < -0.3 is 9.94 Å². The van der Waals surface area contributed by atoms with Crippen molar-refractivity contribution in [3.8, 4) is 0 Å². The van der Waals surface area contributed by atoms with Gasteiger partial charge in [0.05, 0.1) is 11.3 Å². The molecule has 0 fully saturated rings. The van der Waals surface area contributed by atoms with Crippen molar-refractivity contribution in [3.63, 3.8) is 0 Å². The van der Waals surface area contributed by atoms with Crippen molar-refractivity contribution >= 4 is 11.5 Å². The second-order valence-corrected chi connectivity index (χ2v) is 6.96. The van der Waals surface area contributed by atoms with E-state index in [2.05, 4.69) is 17.8 Å². The van der Waals surface area contributed by atoms with Crippen LogP contribution in [0.5, 0.6) is 0 Å². The van der Waals surface area contributed by atoms with Crippen LogP contribution in [0.1, 0.15) is 44.2 Å². The van der Waals surface area contributed by atoms with Gasteiger partial charge in [-0.1, -0.05) is 61.5 Å². The Labute approximate surface area is 143 Å². The Bertz CT molecular complexity index is 713. The molecule has 0 spiro atoms. The minimum atomic E-state index is -0.374. The van der Waals surface area contributed by atoms with Crippen LogP contribution < -0.4 is 0 Å². The number of nitrogens with zero attached hydrogens (tertiary/aromatic N) is 1. The SMILES string of the molecule is C=CCO/N=C(\C)C1=C(O)[C@H](c2cccc(C)c2)C(C)(C)CC1=O. The average Bonchev–Trinajstić information content (AvgIpc) is 2.46. The Balaban J connectivity index is 2.53. The molecule has 0 saturated carbocycles. The fourth-order valence-corrected chi connectivity index (χ4v) is 3.34. The minimum Gasteiger partial charge on any atom is -0.511 e. The number of hydrogen-bond donors (Lipinski definition) is 1. The number of allylic oxidation sites excluding steroid dienone is 2. The van der Waals surface area contributed by atoms with Crippen LogP contribution in [0.4, 0.5) is 0 Å². The van der Waals surface area contributed by atoms with E-state index in [1.165, 1.54) is 0 Å². The molecule has 0 aliphatic heterocycles. The molecule has 0 amide bonds. The van der Waals surface area contributed by atoms with Gasteiger partial charge >= 0.3 is 0 Å². The van der Waals surface area contributed by atoms with E-state index in [-0.39, 0.29) is 35.1 Å². The van der Waals surface area contributed by atoms with E-state index in [1.54, 1.807) is 13.0 Å². The van der Waals surface area contributed by atoms with Crippen molar-refractivity contribution in [3.05, 3.63) is 59.4 Å². The standard InChI is InChI=1S/C20H25NO3/c1-6-10-24-21-14(3)17-16(22)12-20(4,5)18(19(17)23)15-9-7-8-13(2)11-15/h6-9,11,18,23H,1,10,12H2,2-5H3/b21-14+/t18-/m0/s1. The third-order valence-electron chi connectivity index (χ3n) is 4.34. The number of carbonyl (C=O) groups is 1. The van der Waals surface area contributed by atoms with Crippen LogP contribution in [0.3, 0.4) is 0 Å². The molecule has 0 heterocycles. The van der Waals surface area contributed by atoms with Crippen LogP contribution in [0.15, 0.2) is 53.4 Å². The summed E-state index contributed by atoms with van der Waals surface area (Å²) < 4.78 is 0. The number of oxime groups is 1. The van der Waals surface area contributed by atoms with Gasteiger partial charge in [-0.15, -0.1) is 0 Å². The lowest BCUT2D eigenvalue weighted by Gasteiger charge is -2.38. The molecule has 1 aromatic carbocycles. The van der Waals surface area contributed by atoms with Gasteiger partial charge in [-0.2, -0.15) is 0 Å². The highest BCUT2D eigenvalue weighted by Crippen LogP contribution is 2.47. The highest BCUT2D eigenvalue weighted by atomic mass is 16.6.